The lowest BCUT2D eigenvalue weighted by molar-refractivity contribution is -0.245. The summed E-state index contributed by atoms with van der Waals surface area (Å²) in [7, 11) is 0. The van der Waals surface area contributed by atoms with E-state index >= 15 is 0 Å². The number of nitrogens with zero attached hydrogens (tertiary/aromatic N) is 1. The highest BCUT2D eigenvalue weighted by Crippen LogP contribution is 2.41. The summed E-state index contributed by atoms with van der Waals surface area (Å²) in [6, 6.07) is 20.3. The molecule has 6 nitrogen and oxygen atoms in total. The van der Waals surface area contributed by atoms with Gasteiger partial charge in [0.05, 0.1) is 11.6 Å². The monoisotopic (exact) mass is 412 g/mol. The number of anilines is 1. The van der Waals surface area contributed by atoms with Crippen LogP contribution in [0, 0.1) is 6.92 Å². The fourth-order valence-electron chi connectivity index (χ4n) is 3.69. The number of ketones is 1. The summed E-state index contributed by atoms with van der Waals surface area (Å²) in [5, 5.41) is 22.7. The first-order valence-corrected chi connectivity index (χ1v) is 9.63. The van der Waals surface area contributed by atoms with Crippen LogP contribution in [-0.4, -0.2) is 22.8 Å². The van der Waals surface area contributed by atoms with Gasteiger partial charge in [-0.25, -0.2) is 4.79 Å². The number of carboxylic acid groups (broad SMARTS) is 1. The Morgan fingerprint density at radius 1 is 0.903 bits per heavy atom. The van der Waals surface area contributed by atoms with Crippen molar-refractivity contribution in [3.05, 3.63) is 107 Å². The number of hydrogen-bond acceptors (Lipinski definition) is 4. The molecule has 0 aliphatic carbocycles. The van der Waals surface area contributed by atoms with Crippen LogP contribution in [0.2, 0.25) is 0 Å². The Kier molecular flexibility index (Phi) is 5.13. The zero-order valence-corrected chi connectivity index (χ0v) is 16.6. The van der Waals surface area contributed by atoms with Crippen LogP contribution in [0.4, 0.5) is 5.69 Å². The van der Waals surface area contributed by atoms with E-state index in [9.17, 15) is 24.6 Å². The molecule has 3 aromatic rings. The molecule has 1 atom stereocenters. The Hall–Kier alpha value is -4.19. The van der Waals surface area contributed by atoms with Gasteiger partial charge < -0.3 is 10.2 Å². The molecule has 0 radical (unpaired) electrons. The van der Waals surface area contributed by atoms with Crippen molar-refractivity contribution in [1.82, 2.24) is 0 Å². The van der Waals surface area contributed by atoms with Gasteiger partial charge in [-0.15, -0.1) is 0 Å². The van der Waals surface area contributed by atoms with E-state index in [0.29, 0.717) is 11.1 Å². The molecular weight excluding hydrogens is 394 g/mol. The number of Topliss-reactive ketones (excluding diaryl/α,β-unsaturated/α-hetero) is 1. The van der Waals surface area contributed by atoms with Crippen molar-refractivity contribution in [2.45, 2.75) is 13.0 Å². The molecule has 0 spiro atoms. The normalized spacial score (nSPS) is 17.7. The van der Waals surface area contributed by atoms with Crippen LogP contribution in [0.15, 0.2) is 84.4 Å². The number of hydrogen-bond donors (Lipinski definition) is 1. The number of benzene rings is 3. The molecule has 3 aromatic carbocycles. The Morgan fingerprint density at radius 3 is 2.23 bits per heavy atom. The standard InChI is InChI=1S/C25H19NO5/c1-15-10-12-17(13-11-15)22(27)20-21(16-6-3-2-4-7-16)26(24(29)23(20)28)19-9-5-8-18(14-19)25(30)31/h2-14,21,27H,1H3,(H,30,31)/p-1/t21-/m1/s1. The number of amides is 1. The van der Waals surface area contributed by atoms with E-state index in [4.69, 9.17) is 0 Å². The van der Waals surface area contributed by atoms with Crippen LogP contribution in [0.3, 0.4) is 0 Å². The lowest BCUT2D eigenvalue weighted by Gasteiger charge is -2.27. The summed E-state index contributed by atoms with van der Waals surface area (Å²) in [4.78, 5) is 38.7. The maximum absolute atomic E-state index is 13.3. The van der Waals surface area contributed by atoms with E-state index in [1.54, 1.807) is 60.7 Å². The zero-order valence-electron chi connectivity index (χ0n) is 16.6. The Morgan fingerprint density at radius 2 is 1.58 bits per heavy atom. The van der Waals surface area contributed by atoms with E-state index in [2.05, 4.69) is 0 Å². The molecule has 1 fully saturated rings. The lowest BCUT2D eigenvalue weighted by Crippen LogP contribution is -2.29. The second kappa shape index (κ2) is 7.91. The molecule has 0 saturated carbocycles. The van der Waals surface area contributed by atoms with Crippen molar-refractivity contribution in [1.29, 1.82) is 0 Å². The Labute approximate surface area is 178 Å². The highest BCUT2D eigenvalue weighted by molar-refractivity contribution is 6.51. The predicted octanol–water partition coefficient (Wildman–Crippen LogP) is 3.12. The van der Waals surface area contributed by atoms with Crippen molar-refractivity contribution >= 4 is 29.1 Å². The van der Waals surface area contributed by atoms with Crippen LogP contribution in [0.25, 0.3) is 5.76 Å². The van der Waals surface area contributed by atoms with Gasteiger partial charge in [0.1, 0.15) is 0 Å². The lowest BCUT2D eigenvalue weighted by atomic mass is 9.95. The molecular formula is C25H18NO5-. The highest BCUT2D eigenvalue weighted by atomic mass is 16.4. The number of rotatable bonds is 4. The van der Waals surface area contributed by atoms with Crippen LogP contribution >= 0.6 is 0 Å². The minimum atomic E-state index is -1.16. The molecule has 0 aromatic heterocycles. The summed E-state index contributed by atoms with van der Waals surface area (Å²) in [5.41, 5.74) is 1.91. The second-order valence-corrected chi connectivity index (χ2v) is 7.28. The summed E-state index contributed by atoms with van der Waals surface area (Å²) in [5.74, 6) is -3.44. The van der Waals surface area contributed by atoms with Gasteiger partial charge in [0, 0.05) is 11.3 Å². The van der Waals surface area contributed by atoms with E-state index in [1.807, 2.05) is 6.92 Å². The second-order valence-electron chi connectivity index (χ2n) is 7.28. The highest BCUT2D eigenvalue weighted by Gasteiger charge is 2.45. The number of carbonyl (C=O) groups excluding carboxylic acids is 2. The van der Waals surface area contributed by atoms with Gasteiger partial charge in [0.2, 0.25) is 5.78 Å². The first-order valence-electron chi connectivity index (χ1n) is 9.63. The molecule has 6 heteroatoms. The van der Waals surface area contributed by atoms with Crippen molar-refractivity contribution in [3.8, 4) is 0 Å². The van der Waals surface area contributed by atoms with Crippen LogP contribution in [0.1, 0.15) is 33.1 Å². The molecule has 1 heterocycles. The topological polar surface area (TPSA) is 97.7 Å². The fraction of sp³-hybridized carbons (Fsp3) is 0.0800. The van der Waals surface area contributed by atoms with Gasteiger partial charge in [0.15, 0.2) is 0 Å². The number of aryl methyl sites for hydroxylation is 1. The summed E-state index contributed by atoms with van der Waals surface area (Å²) < 4.78 is 0. The molecule has 1 saturated heterocycles. The third-order valence-corrected chi connectivity index (χ3v) is 5.23. The minimum absolute atomic E-state index is 0.0251. The summed E-state index contributed by atoms with van der Waals surface area (Å²) in [6.45, 7) is 1.88. The molecule has 0 unspecified atom stereocenters. The maximum atomic E-state index is 13.3. The molecule has 1 amide bonds. The fourth-order valence-corrected chi connectivity index (χ4v) is 3.69. The SMILES string of the molecule is Cc1ccc(C([O-])=C2C(=O)C(=O)N(c3cccc(C(=O)O)c3)[C@@H]2c2ccccc2)cc1. The molecule has 1 N–H and O–H groups in total. The molecule has 31 heavy (non-hydrogen) atoms. The average Bonchev–Trinajstić information content (AvgIpc) is 3.05. The zero-order chi connectivity index (χ0) is 22.1. The first-order chi connectivity index (χ1) is 14.9. The number of carboxylic acids is 1. The van der Waals surface area contributed by atoms with Crippen molar-refractivity contribution in [3.63, 3.8) is 0 Å². The minimum Gasteiger partial charge on any atom is -0.872 e. The van der Waals surface area contributed by atoms with E-state index in [1.165, 1.54) is 23.1 Å². The molecule has 1 aliphatic heterocycles. The van der Waals surface area contributed by atoms with E-state index < -0.39 is 29.5 Å². The third-order valence-electron chi connectivity index (χ3n) is 5.23. The average molecular weight is 412 g/mol. The summed E-state index contributed by atoms with van der Waals surface area (Å²) >= 11 is 0. The molecule has 0 bridgehead atoms. The van der Waals surface area contributed by atoms with Crippen LogP contribution in [-0.2, 0) is 9.59 Å². The first kappa shape index (κ1) is 20.1. The molecule has 154 valence electrons. The quantitative estimate of drug-likeness (QED) is 0.403. The van der Waals surface area contributed by atoms with E-state index in [-0.39, 0.29) is 16.8 Å². The van der Waals surface area contributed by atoms with Crippen LogP contribution in [0.5, 0.6) is 0 Å². The van der Waals surface area contributed by atoms with Gasteiger partial charge in [-0.05, 0) is 36.2 Å². The number of carbonyl (C=O) groups is 3. The van der Waals surface area contributed by atoms with Crippen molar-refractivity contribution in [2.75, 3.05) is 4.90 Å². The maximum Gasteiger partial charge on any atom is 0.335 e. The molecule has 1 aliphatic rings. The van der Waals surface area contributed by atoms with Crippen molar-refractivity contribution < 1.29 is 24.6 Å². The van der Waals surface area contributed by atoms with E-state index in [0.717, 1.165) is 5.56 Å². The third kappa shape index (κ3) is 3.59. The van der Waals surface area contributed by atoms with Crippen molar-refractivity contribution in [2.24, 2.45) is 0 Å². The van der Waals surface area contributed by atoms with Crippen LogP contribution < -0.4 is 10.0 Å². The Bertz CT molecular complexity index is 1210. The van der Waals surface area contributed by atoms with Gasteiger partial charge >= 0.3 is 5.97 Å². The largest absolute Gasteiger partial charge is 0.872 e. The van der Waals surface area contributed by atoms with Gasteiger partial charge in [-0.1, -0.05) is 72.0 Å². The number of aromatic carboxylic acids is 1. The smallest absolute Gasteiger partial charge is 0.335 e. The summed E-state index contributed by atoms with van der Waals surface area (Å²) in [6.07, 6.45) is 0. The predicted molar refractivity (Wildman–Crippen MR) is 113 cm³/mol. The van der Waals surface area contributed by atoms with Gasteiger partial charge in [-0.2, -0.15) is 0 Å². The molecule has 4 rings (SSSR count). The van der Waals surface area contributed by atoms with Gasteiger partial charge in [0.25, 0.3) is 5.91 Å². The Balaban J connectivity index is 1.94. The van der Waals surface area contributed by atoms with Gasteiger partial charge in [-0.3, -0.25) is 14.5 Å².